The average Bonchev–Trinajstić information content (AvgIpc) is 3.29. The molecule has 4 rings (SSSR count). The van der Waals surface area contributed by atoms with Crippen LogP contribution in [0.1, 0.15) is 5.56 Å². The van der Waals surface area contributed by atoms with E-state index in [1.165, 1.54) is 23.5 Å². The number of amides is 1. The van der Waals surface area contributed by atoms with E-state index in [0.29, 0.717) is 30.8 Å². The van der Waals surface area contributed by atoms with Crippen LogP contribution in [-0.2, 0) is 4.79 Å². The standard InChI is InChI=1S/C18H10ClN5O3S2/c19-13-7-2-1-6-12(13)16-22-23-18(29-16)21-17-20-15(25)14(28-17)9-10-4-3-5-11(8-10)24(26)27/h1-9H,(H,20,21,23,25). The molecule has 0 spiro atoms. The summed E-state index contributed by atoms with van der Waals surface area (Å²) in [5.74, 6) is -0.337. The zero-order valence-corrected chi connectivity index (χ0v) is 16.8. The summed E-state index contributed by atoms with van der Waals surface area (Å²) in [5.41, 5.74) is 1.26. The molecule has 8 nitrogen and oxygen atoms in total. The molecule has 1 amide bonds. The molecule has 0 bridgehead atoms. The van der Waals surface area contributed by atoms with Crippen molar-refractivity contribution in [2.75, 3.05) is 0 Å². The fourth-order valence-corrected chi connectivity index (χ4v) is 4.37. The number of aromatic nitrogens is 2. The highest BCUT2D eigenvalue weighted by molar-refractivity contribution is 8.18. The van der Waals surface area contributed by atoms with Crippen LogP contribution in [0.15, 0.2) is 58.4 Å². The van der Waals surface area contributed by atoms with Crippen LogP contribution in [0, 0.1) is 10.1 Å². The van der Waals surface area contributed by atoms with Gasteiger partial charge in [0.2, 0.25) is 5.13 Å². The molecule has 0 aliphatic carbocycles. The van der Waals surface area contributed by atoms with Crippen LogP contribution in [0.5, 0.6) is 0 Å². The third-order valence-corrected chi connectivity index (χ3v) is 5.84. The second-order valence-corrected chi connectivity index (χ2v) is 8.10. The van der Waals surface area contributed by atoms with Crippen molar-refractivity contribution >= 4 is 62.7 Å². The Labute approximate surface area is 177 Å². The molecule has 1 aliphatic rings. The number of hydrogen-bond acceptors (Lipinski definition) is 8. The molecule has 144 valence electrons. The largest absolute Gasteiger partial charge is 0.300 e. The summed E-state index contributed by atoms with van der Waals surface area (Å²) in [6.07, 6.45) is 1.57. The minimum Gasteiger partial charge on any atom is -0.300 e. The number of carbonyl (C=O) groups excluding carboxylic acids is 1. The number of thioether (sulfide) groups is 1. The Morgan fingerprint density at radius 2 is 2.00 bits per heavy atom. The summed E-state index contributed by atoms with van der Waals surface area (Å²) < 4.78 is 0. The lowest BCUT2D eigenvalue weighted by Crippen LogP contribution is -2.19. The van der Waals surface area contributed by atoms with Crippen molar-refractivity contribution in [2.24, 2.45) is 4.99 Å². The Bertz CT molecular complexity index is 1190. The van der Waals surface area contributed by atoms with E-state index in [1.807, 2.05) is 18.2 Å². The first-order chi connectivity index (χ1) is 14.0. The molecule has 1 aromatic heterocycles. The van der Waals surface area contributed by atoms with E-state index >= 15 is 0 Å². The van der Waals surface area contributed by atoms with E-state index in [-0.39, 0.29) is 11.6 Å². The highest BCUT2D eigenvalue weighted by Gasteiger charge is 2.24. The minimum absolute atomic E-state index is 0.0439. The number of halogens is 1. The first-order valence-corrected chi connectivity index (χ1v) is 10.1. The molecule has 2 heterocycles. The fourth-order valence-electron chi connectivity index (χ4n) is 2.45. The maximum atomic E-state index is 12.2. The number of nitro benzene ring substituents is 1. The molecular formula is C18H10ClN5O3S2. The van der Waals surface area contributed by atoms with Gasteiger partial charge in [-0.15, -0.1) is 10.2 Å². The summed E-state index contributed by atoms with van der Waals surface area (Å²) in [7, 11) is 0. The second-order valence-electron chi connectivity index (χ2n) is 5.70. The van der Waals surface area contributed by atoms with Crippen LogP contribution >= 0.6 is 34.7 Å². The number of non-ortho nitro benzene ring substituents is 1. The lowest BCUT2D eigenvalue weighted by atomic mass is 10.2. The van der Waals surface area contributed by atoms with Crippen LogP contribution in [0.25, 0.3) is 16.6 Å². The van der Waals surface area contributed by atoms with E-state index in [4.69, 9.17) is 11.6 Å². The van der Waals surface area contributed by atoms with Crippen molar-refractivity contribution in [3.63, 3.8) is 0 Å². The molecule has 3 aromatic rings. The van der Waals surface area contributed by atoms with Crippen LogP contribution < -0.4 is 5.32 Å². The topological polar surface area (TPSA) is 110 Å². The molecule has 29 heavy (non-hydrogen) atoms. The molecule has 1 saturated heterocycles. The van der Waals surface area contributed by atoms with E-state index < -0.39 is 4.92 Å². The second kappa shape index (κ2) is 8.11. The van der Waals surface area contributed by atoms with Crippen LogP contribution in [0.4, 0.5) is 10.8 Å². The third kappa shape index (κ3) is 4.34. The van der Waals surface area contributed by atoms with Crippen molar-refractivity contribution in [3.8, 4) is 10.6 Å². The molecular weight excluding hydrogens is 434 g/mol. The molecule has 0 atom stereocenters. The van der Waals surface area contributed by atoms with Gasteiger partial charge >= 0.3 is 0 Å². The molecule has 11 heteroatoms. The molecule has 0 unspecified atom stereocenters. The normalized spacial score (nSPS) is 16.4. The number of carbonyl (C=O) groups is 1. The number of nitrogens with zero attached hydrogens (tertiary/aromatic N) is 4. The Morgan fingerprint density at radius 3 is 2.79 bits per heavy atom. The van der Waals surface area contributed by atoms with Gasteiger partial charge in [0.25, 0.3) is 11.6 Å². The van der Waals surface area contributed by atoms with Gasteiger partial charge in [0.1, 0.15) is 0 Å². The van der Waals surface area contributed by atoms with Gasteiger partial charge in [-0.2, -0.15) is 4.99 Å². The van der Waals surface area contributed by atoms with Gasteiger partial charge in [-0.25, -0.2) is 0 Å². The van der Waals surface area contributed by atoms with Crippen LogP contribution in [0.3, 0.4) is 0 Å². The zero-order chi connectivity index (χ0) is 20.4. The first-order valence-electron chi connectivity index (χ1n) is 8.12. The van der Waals surface area contributed by atoms with Crippen molar-refractivity contribution in [2.45, 2.75) is 0 Å². The predicted octanol–water partition coefficient (Wildman–Crippen LogP) is 4.66. The van der Waals surface area contributed by atoms with Crippen molar-refractivity contribution < 1.29 is 9.72 Å². The molecule has 1 fully saturated rings. The van der Waals surface area contributed by atoms with E-state index in [0.717, 1.165) is 17.3 Å². The number of nitro groups is 1. The molecule has 2 aromatic carbocycles. The van der Waals surface area contributed by atoms with Gasteiger partial charge in [-0.3, -0.25) is 14.9 Å². The number of benzene rings is 2. The summed E-state index contributed by atoms with van der Waals surface area (Å²) >= 11 is 8.55. The lowest BCUT2D eigenvalue weighted by Gasteiger charge is -1.96. The van der Waals surface area contributed by atoms with Gasteiger partial charge in [0.05, 0.1) is 14.9 Å². The van der Waals surface area contributed by atoms with Crippen molar-refractivity contribution in [1.29, 1.82) is 0 Å². The lowest BCUT2D eigenvalue weighted by molar-refractivity contribution is -0.384. The van der Waals surface area contributed by atoms with E-state index in [2.05, 4.69) is 20.5 Å². The van der Waals surface area contributed by atoms with Crippen LogP contribution in [0.2, 0.25) is 5.02 Å². The van der Waals surface area contributed by atoms with Gasteiger partial charge in [0.15, 0.2) is 10.2 Å². The number of hydrogen-bond donors (Lipinski definition) is 1. The zero-order valence-electron chi connectivity index (χ0n) is 14.4. The number of rotatable bonds is 4. The van der Waals surface area contributed by atoms with Gasteiger partial charge in [-0.05, 0) is 29.5 Å². The van der Waals surface area contributed by atoms with E-state index in [9.17, 15) is 14.9 Å². The number of aliphatic imine (C=N–C) groups is 1. The number of nitrogens with one attached hydrogen (secondary N) is 1. The number of amidine groups is 1. The third-order valence-electron chi connectivity index (χ3n) is 3.75. The summed E-state index contributed by atoms with van der Waals surface area (Å²) in [4.78, 5) is 27.3. The monoisotopic (exact) mass is 443 g/mol. The SMILES string of the molecule is O=C1NC(=Nc2nnc(-c3ccccc3Cl)s2)SC1=Cc1cccc([N+](=O)[O-])c1. The van der Waals surface area contributed by atoms with Crippen LogP contribution in [-0.4, -0.2) is 26.2 Å². The Hall–Kier alpha value is -3.08. The predicted molar refractivity (Wildman–Crippen MR) is 114 cm³/mol. The summed E-state index contributed by atoms with van der Waals surface area (Å²) in [6.45, 7) is 0. The molecule has 0 saturated carbocycles. The molecule has 0 radical (unpaired) electrons. The van der Waals surface area contributed by atoms with Gasteiger partial charge in [-0.1, -0.05) is 53.3 Å². The fraction of sp³-hybridized carbons (Fsp3) is 0. The first kappa shape index (κ1) is 19.2. The maximum Gasteiger partial charge on any atom is 0.270 e. The summed E-state index contributed by atoms with van der Waals surface area (Å²) in [5, 5.41) is 23.6. The van der Waals surface area contributed by atoms with Gasteiger partial charge in [0, 0.05) is 17.7 Å². The van der Waals surface area contributed by atoms with Crippen molar-refractivity contribution in [3.05, 3.63) is 74.1 Å². The molecule has 1 aliphatic heterocycles. The highest BCUT2D eigenvalue weighted by atomic mass is 35.5. The van der Waals surface area contributed by atoms with E-state index in [1.54, 1.807) is 24.3 Å². The maximum absolute atomic E-state index is 12.2. The Morgan fingerprint density at radius 1 is 1.17 bits per heavy atom. The Balaban J connectivity index is 1.55. The smallest absolute Gasteiger partial charge is 0.270 e. The van der Waals surface area contributed by atoms with Crippen molar-refractivity contribution in [1.82, 2.24) is 15.5 Å². The highest BCUT2D eigenvalue weighted by Crippen LogP contribution is 2.34. The quantitative estimate of drug-likeness (QED) is 0.356. The summed E-state index contributed by atoms with van der Waals surface area (Å²) in [6, 6.07) is 13.3. The Kier molecular flexibility index (Phi) is 5.38. The minimum atomic E-state index is -0.483. The average molecular weight is 444 g/mol. The van der Waals surface area contributed by atoms with Gasteiger partial charge < -0.3 is 5.32 Å². The molecule has 1 N–H and O–H groups in total.